The average Bonchev–Trinajstić information content (AvgIpc) is 3.02. The van der Waals surface area contributed by atoms with Crippen LogP contribution < -0.4 is 5.32 Å². The molecule has 1 N–H and O–H groups in total. The van der Waals surface area contributed by atoms with Crippen molar-refractivity contribution in [2.75, 3.05) is 19.6 Å². The zero-order valence-corrected chi connectivity index (χ0v) is 11.5. The summed E-state index contributed by atoms with van der Waals surface area (Å²) in [4.78, 5) is 2.64. The van der Waals surface area contributed by atoms with Gasteiger partial charge in [0, 0.05) is 31.9 Å². The van der Waals surface area contributed by atoms with Crippen LogP contribution in [0.4, 0.5) is 0 Å². The van der Waals surface area contributed by atoms with Crippen LogP contribution in [-0.4, -0.2) is 40.4 Å². The molecule has 3 heterocycles. The van der Waals surface area contributed by atoms with E-state index in [2.05, 4.69) is 39.9 Å². The lowest BCUT2D eigenvalue weighted by Crippen LogP contribution is -2.33. The van der Waals surface area contributed by atoms with Gasteiger partial charge in [-0.1, -0.05) is 6.92 Å². The van der Waals surface area contributed by atoms with Crippen LogP contribution in [0, 0.1) is 11.8 Å². The van der Waals surface area contributed by atoms with Crippen molar-refractivity contribution in [1.29, 1.82) is 0 Å². The highest BCUT2D eigenvalue weighted by atomic mass is 15.3. The predicted molar refractivity (Wildman–Crippen MR) is 72.2 cm³/mol. The number of hydrogen-bond donors (Lipinski definition) is 1. The molecule has 4 heteroatoms. The third-order valence-corrected chi connectivity index (χ3v) is 4.66. The summed E-state index contributed by atoms with van der Waals surface area (Å²) in [5, 5.41) is 7.94. The lowest BCUT2D eigenvalue weighted by Gasteiger charge is -2.24. The minimum atomic E-state index is 0.704. The topological polar surface area (TPSA) is 33.1 Å². The van der Waals surface area contributed by atoms with Crippen LogP contribution in [0.5, 0.6) is 0 Å². The van der Waals surface area contributed by atoms with E-state index in [0.29, 0.717) is 6.04 Å². The van der Waals surface area contributed by atoms with Gasteiger partial charge in [0.15, 0.2) is 0 Å². The van der Waals surface area contributed by atoms with E-state index in [1.807, 2.05) is 6.20 Å². The Balaban J connectivity index is 1.68. The van der Waals surface area contributed by atoms with Crippen molar-refractivity contribution in [3.8, 4) is 0 Å². The minimum absolute atomic E-state index is 0.704. The molecule has 2 saturated heterocycles. The van der Waals surface area contributed by atoms with E-state index in [-0.39, 0.29) is 0 Å². The molecule has 0 aromatic carbocycles. The minimum Gasteiger partial charge on any atom is -0.316 e. The van der Waals surface area contributed by atoms with Gasteiger partial charge >= 0.3 is 0 Å². The van der Waals surface area contributed by atoms with E-state index < -0.39 is 0 Å². The first-order chi connectivity index (χ1) is 8.79. The van der Waals surface area contributed by atoms with Crippen LogP contribution in [-0.2, 0) is 13.1 Å². The smallest absolute Gasteiger partial charge is 0.0524 e. The van der Waals surface area contributed by atoms with Gasteiger partial charge in [0.05, 0.1) is 5.69 Å². The molecule has 0 bridgehead atoms. The fraction of sp³-hybridized carbons (Fsp3) is 0.786. The maximum atomic E-state index is 4.42. The Morgan fingerprint density at radius 2 is 2.33 bits per heavy atom. The molecular formula is C14H24N4. The Hall–Kier alpha value is -0.870. The summed E-state index contributed by atoms with van der Waals surface area (Å²) >= 11 is 0. The van der Waals surface area contributed by atoms with Crippen molar-refractivity contribution in [3.05, 3.63) is 18.0 Å². The summed E-state index contributed by atoms with van der Waals surface area (Å²) in [7, 11) is 0. The Kier molecular flexibility index (Phi) is 3.39. The van der Waals surface area contributed by atoms with E-state index in [0.717, 1.165) is 31.3 Å². The molecule has 0 amide bonds. The van der Waals surface area contributed by atoms with Gasteiger partial charge in [-0.15, -0.1) is 0 Å². The summed E-state index contributed by atoms with van der Waals surface area (Å²) in [6, 6.07) is 2.88. The molecule has 3 rings (SSSR count). The number of rotatable bonds is 4. The first-order valence-electron chi connectivity index (χ1n) is 7.25. The number of fused-ring (bicyclic) bond motifs is 1. The molecule has 0 radical (unpaired) electrons. The maximum absolute atomic E-state index is 4.42. The third kappa shape index (κ3) is 2.08. The van der Waals surface area contributed by atoms with Gasteiger partial charge in [0.2, 0.25) is 0 Å². The number of aromatic nitrogens is 2. The number of aryl methyl sites for hydroxylation is 1. The Morgan fingerprint density at radius 3 is 3.11 bits per heavy atom. The molecule has 2 fully saturated rings. The molecule has 4 nitrogen and oxygen atoms in total. The van der Waals surface area contributed by atoms with E-state index >= 15 is 0 Å². The Bertz CT molecular complexity index is 400. The summed E-state index contributed by atoms with van der Waals surface area (Å²) in [6.07, 6.45) is 3.09. The van der Waals surface area contributed by atoms with Crippen molar-refractivity contribution in [3.63, 3.8) is 0 Å². The number of nitrogens with zero attached hydrogens (tertiary/aromatic N) is 3. The van der Waals surface area contributed by atoms with Crippen LogP contribution in [0.2, 0.25) is 0 Å². The molecular weight excluding hydrogens is 224 g/mol. The normalized spacial score (nSPS) is 32.0. The van der Waals surface area contributed by atoms with Crippen LogP contribution in [0.25, 0.3) is 0 Å². The van der Waals surface area contributed by atoms with Gasteiger partial charge in [0.25, 0.3) is 0 Å². The lowest BCUT2D eigenvalue weighted by molar-refractivity contribution is 0.224. The fourth-order valence-electron chi connectivity index (χ4n) is 3.58. The quantitative estimate of drug-likeness (QED) is 0.873. The average molecular weight is 248 g/mol. The number of nitrogens with one attached hydrogen (secondary N) is 1. The van der Waals surface area contributed by atoms with Crippen molar-refractivity contribution in [2.45, 2.75) is 39.4 Å². The van der Waals surface area contributed by atoms with E-state index in [9.17, 15) is 0 Å². The van der Waals surface area contributed by atoms with E-state index in [1.165, 1.54) is 25.3 Å². The highest BCUT2D eigenvalue weighted by Crippen LogP contribution is 2.33. The molecule has 3 unspecified atom stereocenters. The lowest BCUT2D eigenvalue weighted by atomic mass is 9.95. The van der Waals surface area contributed by atoms with Crippen LogP contribution in [0.3, 0.4) is 0 Å². The molecule has 18 heavy (non-hydrogen) atoms. The van der Waals surface area contributed by atoms with Gasteiger partial charge < -0.3 is 5.32 Å². The predicted octanol–water partition coefficient (Wildman–Crippen LogP) is 1.33. The summed E-state index contributed by atoms with van der Waals surface area (Å²) in [6.45, 7) is 10.4. The molecule has 2 aliphatic rings. The SMILES string of the molecule is CCCn1nccc1CN1CC2CNCC2C1C. The molecule has 1 aromatic heterocycles. The van der Waals surface area contributed by atoms with Crippen LogP contribution in [0.1, 0.15) is 26.0 Å². The molecule has 0 spiro atoms. The zero-order valence-electron chi connectivity index (χ0n) is 11.5. The Morgan fingerprint density at radius 1 is 1.44 bits per heavy atom. The van der Waals surface area contributed by atoms with Crippen molar-refractivity contribution < 1.29 is 0 Å². The number of likely N-dealkylation sites (tertiary alicyclic amines) is 1. The highest BCUT2D eigenvalue weighted by Gasteiger charge is 2.41. The van der Waals surface area contributed by atoms with Gasteiger partial charge in [0.1, 0.15) is 0 Å². The zero-order chi connectivity index (χ0) is 12.5. The van der Waals surface area contributed by atoms with Gasteiger partial charge in [-0.2, -0.15) is 5.10 Å². The first kappa shape index (κ1) is 12.2. The Labute approximate surface area is 109 Å². The van der Waals surface area contributed by atoms with Gasteiger partial charge in [-0.3, -0.25) is 9.58 Å². The molecule has 0 saturated carbocycles. The summed E-state index contributed by atoms with van der Waals surface area (Å²) in [5.41, 5.74) is 1.37. The molecule has 3 atom stereocenters. The second-order valence-electron chi connectivity index (χ2n) is 5.80. The van der Waals surface area contributed by atoms with Gasteiger partial charge in [-0.25, -0.2) is 0 Å². The first-order valence-corrected chi connectivity index (χ1v) is 7.25. The van der Waals surface area contributed by atoms with Crippen molar-refractivity contribution in [2.24, 2.45) is 11.8 Å². The third-order valence-electron chi connectivity index (χ3n) is 4.66. The van der Waals surface area contributed by atoms with Crippen molar-refractivity contribution >= 4 is 0 Å². The second-order valence-corrected chi connectivity index (χ2v) is 5.80. The van der Waals surface area contributed by atoms with E-state index in [4.69, 9.17) is 0 Å². The maximum Gasteiger partial charge on any atom is 0.0524 e. The van der Waals surface area contributed by atoms with Crippen LogP contribution in [0.15, 0.2) is 12.3 Å². The molecule has 0 aliphatic carbocycles. The van der Waals surface area contributed by atoms with Crippen molar-refractivity contribution in [1.82, 2.24) is 20.0 Å². The summed E-state index contributed by atoms with van der Waals surface area (Å²) < 4.78 is 2.17. The fourth-order valence-corrected chi connectivity index (χ4v) is 3.58. The second kappa shape index (κ2) is 5.02. The molecule has 2 aliphatic heterocycles. The molecule has 1 aromatic rings. The summed E-state index contributed by atoms with van der Waals surface area (Å²) in [5.74, 6) is 1.72. The highest BCUT2D eigenvalue weighted by molar-refractivity contribution is 5.04. The largest absolute Gasteiger partial charge is 0.316 e. The standard InChI is InChI=1S/C14H24N4/c1-3-6-18-13(4-5-16-18)10-17-9-12-7-15-8-14(12)11(17)2/h4-5,11-12,14-15H,3,6-10H2,1-2H3. The molecule has 100 valence electrons. The monoisotopic (exact) mass is 248 g/mol. The van der Waals surface area contributed by atoms with E-state index in [1.54, 1.807) is 0 Å². The van der Waals surface area contributed by atoms with Crippen LogP contribution >= 0.6 is 0 Å². The number of hydrogen-bond acceptors (Lipinski definition) is 3. The van der Waals surface area contributed by atoms with Gasteiger partial charge in [-0.05, 0) is 44.3 Å².